The lowest BCUT2D eigenvalue weighted by Crippen LogP contribution is -2.22. The summed E-state index contributed by atoms with van der Waals surface area (Å²) in [6.07, 6.45) is 7.79. The van der Waals surface area contributed by atoms with Crippen LogP contribution in [0.25, 0.3) is 6.08 Å². The highest BCUT2D eigenvalue weighted by molar-refractivity contribution is 7.07. The highest BCUT2D eigenvalue weighted by Crippen LogP contribution is 2.10. The fraction of sp³-hybridized carbons (Fsp3) is 0.435. The molecular formula is C23H30N2O3S. The van der Waals surface area contributed by atoms with Crippen molar-refractivity contribution in [1.82, 2.24) is 10.1 Å². The van der Waals surface area contributed by atoms with Crippen LogP contribution in [-0.4, -0.2) is 42.5 Å². The van der Waals surface area contributed by atoms with Crippen LogP contribution >= 0.6 is 11.3 Å². The molecule has 0 aliphatic heterocycles. The summed E-state index contributed by atoms with van der Waals surface area (Å²) in [5, 5.41) is 8.25. The standard InChI is InChI=1S/C23H30N2O3S/c1-5-25(13-8-6-7-12-23(2,3)26-4)17-22-16-21(24-28-22)10-9-14-27-18-20-11-15-29-19-20/h6,8-11,15-16,19H,5,13-14,17-18H2,1-4H3/b8-6+,10-9+. The maximum Gasteiger partial charge on any atom is 0.151 e. The highest BCUT2D eigenvalue weighted by Gasteiger charge is 2.10. The molecule has 0 aliphatic carbocycles. The first-order valence-electron chi connectivity index (χ1n) is 9.68. The second-order valence-electron chi connectivity index (χ2n) is 6.98. The molecule has 2 rings (SSSR count). The van der Waals surface area contributed by atoms with Gasteiger partial charge >= 0.3 is 0 Å². The maximum atomic E-state index is 5.61. The Morgan fingerprint density at radius 2 is 2.21 bits per heavy atom. The van der Waals surface area contributed by atoms with Crippen molar-refractivity contribution in [3.05, 3.63) is 58.1 Å². The number of aromatic nitrogens is 1. The summed E-state index contributed by atoms with van der Waals surface area (Å²) >= 11 is 1.68. The Balaban J connectivity index is 1.74. The average molecular weight is 415 g/mol. The van der Waals surface area contributed by atoms with Crippen molar-refractivity contribution in [2.45, 2.75) is 39.5 Å². The smallest absolute Gasteiger partial charge is 0.151 e. The lowest BCUT2D eigenvalue weighted by atomic mass is 10.1. The van der Waals surface area contributed by atoms with Crippen LogP contribution in [0.5, 0.6) is 0 Å². The van der Waals surface area contributed by atoms with E-state index >= 15 is 0 Å². The maximum absolute atomic E-state index is 5.61. The summed E-state index contributed by atoms with van der Waals surface area (Å²) in [6, 6.07) is 4.03. The summed E-state index contributed by atoms with van der Waals surface area (Å²) in [5.74, 6) is 6.93. The molecule has 2 aromatic heterocycles. The Labute approximate surface area is 178 Å². The number of allylic oxidation sites excluding steroid dienone is 1. The van der Waals surface area contributed by atoms with Gasteiger partial charge in [0, 0.05) is 19.7 Å². The minimum absolute atomic E-state index is 0.423. The van der Waals surface area contributed by atoms with Gasteiger partial charge in [0.15, 0.2) is 5.76 Å². The van der Waals surface area contributed by atoms with Crippen LogP contribution in [0.2, 0.25) is 0 Å². The van der Waals surface area contributed by atoms with Crippen LogP contribution in [0.1, 0.15) is 37.8 Å². The fourth-order valence-corrected chi connectivity index (χ4v) is 2.98. The third-order valence-corrected chi connectivity index (χ3v) is 4.94. The van der Waals surface area contributed by atoms with Crippen molar-refractivity contribution < 1.29 is 14.0 Å². The van der Waals surface area contributed by atoms with Gasteiger partial charge in [0.2, 0.25) is 0 Å². The molecule has 6 heteroatoms. The Morgan fingerprint density at radius 3 is 2.93 bits per heavy atom. The predicted molar refractivity (Wildman–Crippen MR) is 118 cm³/mol. The van der Waals surface area contributed by atoms with Gasteiger partial charge in [-0.25, -0.2) is 0 Å². The van der Waals surface area contributed by atoms with E-state index in [9.17, 15) is 0 Å². The van der Waals surface area contributed by atoms with Crippen molar-refractivity contribution in [3.8, 4) is 11.8 Å². The van der Waals surface area contributed by atoms with Gasteiger partial charge in [0.1, 0.15) is 11.3 Å². The summed E-state index contributed by atoms with van der Waals surface area (Å²) in [7, 11) is 1.66. The van der Waals surface area contributed by atoms with Crippen molar-refractivity contribution in [2.24, 2.45) is 0 Å². The van der Waals surface area contributed by atoms with Crippen LogP contribution in [-0.2, 0) is 22.6 Å². The number of hydrogen-bond acceptors (Lipinski definition) is 6. The number of ether oxygens (including phenoxy) is 2. The van der Waals surface area contributed by atoms with Crippen LogP contribution in [0.15, 0.2) is 45.6 Å². The number of methoxy groups -OCH3 is 1. The third kappa shape index (κ3) is 9.25. The van der Waals surface area contributed by atoms with E-state index < -0.39 is 5.60 Å². The highest BCUT2D eigenvalue weighted by atomic mass is 32.1. The molecule has 0 N–H and O–H groups in total. The zero-order valence-corrected chi connectivity index (χ0v) is 18.5. The number of likely N-dealkylation sites (N-methyl/N-ethyl adjacent to an activating group) is 1. The Kier molecular flexibility index (Phi) is 9.89. The van der Waals surface area contributed by atoms with Gasteiger partial charge in [0.05, 0.1) is 19.8 Å². The molecule has 0 radical (unpaired) electrons. The minimum atomic E-state index is -0.423. The number of thiophene rings is 1. The molecule has 0 aliphatic rings. The van der Waals surface area contributed by atoms with Crippen molar-refractivity contribution in [1.29, 1.82) is 0 Å². The van der Waals surface area contributed by atoms with Gasteiger partial charge in [0.25, 0.3) is 0 Å². The molecule has 2 aromatic rings. The molecule has 5 nitrogen and oxygen atoms in total. The Hall–Kier alpha value is -2.17. The minimum Gasteiger partial charge on any atom is -0.373 e. The molecule has 156 valence electrons. The summed E-state index contributed by atoms with van der Waals surface area (Å²) in [5.41, 5.74) is 1.58. The van der Waals surface area contributed by atoms with Gasteiger partial charge < -0.3 is 14.0 Å². The van der Waals surface area contributed by atoms with Gasteiger partial charge in [-0.2, -0.15) is 11.3 Å². The number of nitrogens with zero attached hydrogens (tertiary/aromatic N) is 2. The molecule has 29 heavy (non-hydrogen) atoms. The van der Waals surface area contributed by atoms with Crippen LogP contribution in [0.4, 0.5) is 0 Å². The van der Waals surface area contributed by atoms with E-state index in [0.717, 1.165) is 24.5 Å². The second kappa shape index (κ2) is 12.4. The van der Waals surface area contributed by atoms with Gasteiger partial charge in [-0.1, -0.05) is 36.1 Å². The van der Waals surface area contributed by atoms with Gasteiger partial charge in [-0.3, -0.25) is 4.90 Å². The first-order valence-corrected chi connectivity index (χ1v) is 10.6. The first-order chi connectivity index (χ1) is 14.0. The third-order valence-electron chi connectivity index (χ3n) is 4.20. The monoisotopic (exact) mass is 414 g/mol. The largest absolute Gasteiger partial charge is 0.373 e. The summed E-state index contributed by atoms with van der Waals surface area (Å²) in [4.78, 5) is 2.25. The molecule has 0 amide bonds. The molecular weight excluding hydrogens is 384 g/mol. The van der Waals surface area contributed by atoms with Crippen LogP contribution in [0.3, 0.4) is 0 Å². The van der Waals surface area contributed by atoms with Crippen molar-refractivity contribution >= 4 is 17.4 Å². The number of hydrogen-bond donors (Lipinski definition) is 0. The molecule has 0 fully saturated rings. The van der Waals surface area contributed by atoms with Crippen LogP contribution < -0.4 is 0 Å². The Bertz CT molecular complexity index is 826. The van der Waals surface area contributed by atoms with Crippen LogP contribution in [0, 0.1) is 11.8 Å². The van der Waals surface area contributed by atoms with E-state index in [0.29, 0.717) is 19.8 Å². The normalized spacial score (nSPS) is 12.2. The van der Waals surface area contributed by atoms with E-state index in [1.54, 1.807) is 18.4 Å². The molecule has 0 spiro atoms. The van der Waals surface area contributed by atoms with Crippen molar-refractivity contribution in [2.75, 3.05) is 26.8 Å². The van der Waals surface area contributed by atoms with E-state index in [1.807, 2.05) is 44.2 Å². The molecule has 0 saturated heterocycles. The summed E-state index contributed by atoms with van der Waals surface area (Å²) in [6.45, 7) is 9.58. The summed E-state index contributed by atoms with van der Waals surface area (Å²) < 4.78 is 16.3. The van der Waals surface area contributed by atoms with E-state index in [4.69, 9.17) is 14.0 Å². The molecule has 0 saturated carbocycles. The molecule has 0 bridgehead atoms. The molecule has 0 unspecified atom stereocenters. The fourth-order valence-electron chi connectivity index (χ4n) is 2.32. The second-order valence-corrected chi connectivity index (χ2v) is 7.76. The van der Waals surface area contributed by atoms with Gasteiger partial charge in [-0.15, -0.1) is 0 Å². The topological polar surface area (TPSA) is 47.7 Å². The molecule has 0 aromatic carbocycles. The SMILES string of the molecule is CCN(C/C=C/C#CC(C)(C)OC)Cc1cc(/C=C/COCc2ccsc2)no1. The van der Waals surface area contributed by atoms with Crippen molar-refractivity contribution in [3.63, 3.8) is 0 Å². The molecule has 2 heterocycles. The zero-order chi connectivity index (χ0) is 21.0. The number of rotatable bonds is 11. The van der Waals surface area contributed by atoms with E-state index in [2.05, 4.69) is 45.6 Å². The van der Waals surface area contributed by atoms with E-state index in [-0.39, 0.29) is 0 Å². The first kappa shape index (κ1) is 23.1. The average Bonchev–Trinajstić information content (AvgIpc) is 3.38. The van der Waals surface area contributed by atoms with E-state index in [1.165, 1.54) is 5.56 Å². The molecule has 0 atom stereocenters. The predicted octanol–water partition coefficient (Wildman–Crippen LogP) is 4.77. The quantitative estimate of drug-likeness (QED) is 0.391. The van der Waals surface area contributed by atoms with Gasteiger partial charge in [-0.05, 0) is 54.9 Å². The zero-order valence-electron chi connectivity index (χ0n) is 17.7. The lowest BCUT2D eigenvalue weighted by molar-refractivity contribution is 0.0742. The Morgan fingerprint density at radius 1 is 1.34 bits per heavy atom. The lowest BCUT2D eigenvalue weighted by Gasteiger charge is -2.16.